The molecular formula is C16H11BrClNO. The Morgan fingerprint density at radius 3 is 2.65 bits per heavy atom. The molecule has 1 heterocycles. The van der Waals surface area contributed by atoms with Gasteiger partial charge in [0.2, 0.25) is 0 Å². The van der Waals surface area contributed by atoms with Crippen LogP contribution in [0.3, 0.4) is 0 Å². The van der Waals surface area contributed by atoms with Gasteiger partial charge in [0.25, 0.3) is 0 Å². The van der Waals surface area contributed by atoms with Gasteiger partial charge in [-0.15, -0.1) is 0 Å². The van der Waals surface area contributed by atoms with E-state index in [1.807, 2.05) is 42.5 Å². The van der Waals surface area contributed by atoms with E-state index in [0.717, 1.165) is 31.6 Å². The van der Waals surface area contributed by atoms with E-state index in [9.17, 15) is 0 Å². The fraction of sp³-hybridized carbons (Fsp3) is 0.0625. The lowest BCUT2D eigenvalue weighted by molar-refractivity contribution is 0.309. The first-order valence-electron chi connectivity index (χ1n) is 6.13. The molecule has 0 fully saturated rings. The Labute approximate surface area is 130 Å². The molecule has 0 unspecified atom stereocenters. The van der Waals surface area contributed by atoms with Crippen LogP contribution in [0.15, 0.2) is 59.3 Å². The number of fused-ring (bicyclic) bond motifs is 1. The highest BCUT2D eigenvalue weighted by Gasteiger charge is 2.05. The van der Waals surface area contributed by atoms with Crippen LogP contribution in [0.25, 0.3) is 10.8 Å². The van der Waals surface area contributed by atoms with E-state index in [-0.39, 0.29) is 0 Å². The Hall–Kier alpha value is -1.58. The van der Waals surface area contributed by atoms with Crippen LogP contribution in [0, 0.1) is 0 Å². The molecule has 20 heavy (non-hydrogen) atoms. The molecule has 0 saturated heterocycles. The first kappa shape index (κ1) is 13.4. The summed E-state index contributed by atoms with van der Waals surface area (Å²) >= 11 is 9.60. The van der Waals surface area contributed by atoms with Gasteiger partial charge in [0.05, 0.1) is 0 Å². The van der Waals surface area contributed by atoms with Crippen molar-refractivity contribution in [2.75, 3.05) is 0 Å². The van der Waals surface area contributed by atoms with Gasteiger partial charge in [0.1, 0.15) is 12.4 Å². The standard InChI is InChI=1S/C16H11BrClNO/c17-12-7-11(8-19-9-12)10-20-16-6-5-15(18)13-3-1-2-4-14(13)16/h1-9H,10H2. The molecule has 3 rings (SSSR count). The van der Waals surface area contributed by atoms with Crippen molar-refractivity contribution in [2.45, 2.75) is 6.61 Å². The van der Waals surface area contributed by atoms with E-state index >= 15 is 0 Å². The molecule has 0 radical (unpaired) electrons. The van der Waals surface area contributed by atoms with Crippen LogP contribution < -0.4 is 4.74 Å². The lowest BCUT2D eigenvalue weighted by Gasteiger charge is -2.10. The molecule has 0 spiro atoms. The predicted octanol–water partition coefficient (Wildman–Crippen LogP) is 5.23. The highest BCUT2D eigenvalue weighted by Crippen LogP contribution is 2.31. The zero-order chi connectivity index (χ0) is 13.9. The smallest absolute Gasteiger partial charge is 0.127 e. The Balaban J connectivity index is 1.90. The maximum Gasteiger partial charge on any atom is 0.127 e. The Morgan fingerprint density at radius 2 is 1.85 bits per heavy atom. The van der Waals surface area contributed by atoms with Crippen molar-refractivity contribution in [3.63, 3.8) is 0 Å². The predicted molar refractivity (Wildman–Crippen MR) is 85.2 cm³/mol. The van der Waals surface area contributed by atoms with E-state index in [0.29, 0.717) is 6.61 Å². The Morgan fingerprint density at radius 1 is 1.05 bits per heavy atom. The minimum absolute atomic E-state index is 0.470. The molecule has 100 valence electrons. The molecule has 0 bridgehead atoms. The molecule has 0 aliphatic rings. The summed E-state index contributed by atoms with van der Waals surface area (Å²) in [7, 11) is 0. The fourth-order valence-corrected chi connectivity index (χ4v) is 2.70. The van der Waals surface area contributed by atoms with Gasteiger partial charge in [-0.2, -0.15) is 0 Å². The van der Waals surface area contributed by atoms with Crippen LogP contribution in [0.5, 0.6) is 5.75 Å². The first-order chi connectivity index (χ1) is 9.74. The number of nitrogens with zero attached hydrogens (tertiary/aromatic N) is 1. The summed E-state index contributed by atoms with van der Waals surface area (Å²) in [6.45, 7) is 0.470. The number of hydrogen-bond acceptors (Lipinski definition) is 2. The normalized spacial score (nSPS) is 10.7. The largest absolute Gasteiger partial charge is 0.488 e. The van der Waals surface area contributed by atoms with E-state index in [2.05, 4.69) is 20.9 Å². The number of rotatable bonds is 3. The highest BCUT2D eigenvalue weighted by atomic mass is 79.9. The second-order valence-electron chi connectivity index (χ2n) is 4.39. The average molecular weight is 349 g/mol. The summed E-state index contributed by atoms with van der Waals surface area (Å²) in [4.78, 5) is 4.12. The highest BCUT2D eigenvalue weighted by molar-refractivity contribution is 9.10. The fourth-order valence-electron chi connectivity index (χ4n) is 2.06. The number of halogens is 2. The molecule has 0 aliphatic heterocycles. The number of hydrogen-bond donors (Lipinski definition) is 0. The maximum atomic E-state index is 6.20. The van der Waals surface area contributed by atoms with E-state index in [4.69, 9.17) is 16.3 Å². The second-order valence-corrected chi connectivity index (χ2v) is 5.71. The van der Waals surface area contributed by atoms with Crippen molar-refractivity contribution in [3.05, 3.63) is 69.9 Å². The van der Waals surface area contributed by atoms with Crippen molar-refractivity contribution in [3.8, 4) is 5.75 Å². The van der Waals surface area contributed by atoms with Gasteiger partial charge in [-0.3, -0.25) is 4.98 Å². The van der Waals surface area contributed by atoms with Crippen LogP contribution >= 0.6 is 27.5 Å². The van der Waals surface area contributed by atoms with Gasteiger partial charge < -0.3 is 4.74 Å². The first-order valence-corrected chi connectivity index (χ1v) is 7.30. The number of benzene rings is 2. The molecule has 4 heteroatoms. The summed E-state index contributed by atoms with van der Waals surface area (Å²) in [6, 6.07) is 13.7. The van der Waals surface area contributed by atoms with Crippen LogP contribution in [0.4, 0.5) is 0 Å². The summed E-state index contributed by atoms with van der Waals surface area (Å²) in [5, 5.41) is 2.75. The molecule has 0 aliphatic carbocycles. The second kappa shape index (κ2) is 5.81. The molecule has 0 atom stereocenters. The van der Waals surface area contributed by atoms with Gasteiger partial charge in [-0.25, -0.2) is 0 Å². The molecule has 0 N–H and O–H groups in total. The Bertz CT molecular complexity index is 760. The van der Waals surface area contributed by atoms with Gasteiger partial charge in [0, 0.05) is 38.2 Å². The zero-order valence-corrected chi connectivity index (χ0v) is 12.9. The third-order valence-corrected chi connectivity index (χ3v) is 3.75. The van der Waals surface area contributed by atoms with Crippen LogP contribution in [-0.2, 0) is 6.61 Å². The summed E-state index contributed by atoms with van der Waals surface area (Å²) in [5.41, 5.74) is 1.01. The van der Waals surface area contributed by atoms with Crippen molar-refractivity contribution < 1.29 is 4.74 Å². The van der Waals surface area contributed by atoms with Gasteiger partial charge >= 0.3 is 0 Å². The third kappa shape index (κ3) is 2.79. The topological polar surface area (TPSA) is 22.1 Å². The maximum absolute atomic E-state index is 6.20. The SMILES string of the molecule is Clc1ccc(OCc2cncc(Br)c2)c2ccccc12. The van der Waals surface area contributed by atoms with Crippen molar-refractivity contribution in [2.24, 2.45) is 0 Å². The molecular weight excluding hydrogens is 338 g/mol. The molecule has 0 amide bonds. The molecule has 2 nitrogen and oxygen atoms in total. The lowest BCUT2D eigenvalue weighted by Crippen LogP contribution is -1.96. The van der Waals surface area contributed by atoms with Crippen LogP contribution in [-0.4, -0.2) is 4.98 Å². The minimum atomic E-state index is 0.470. The molecule has 0 saturated carbocycles. The molecule has 1 aromatic heterocycles. The third-order valence-electron chi connectivity index (χ3n) is 2.99. The summed E-state index contributed by atoms with van der Waals surface area (Å²) in [6.07, 6.45) is 3.55. The van der Waals surface area contributed by atoms with Crippen LogP contribution in [0.1, 0.15) is 5.56 Å². The Kier molecular flexibility index (Phi) is 3.90. The average Bonchev–Trinajstić information content (AvgIpc) is 2.47. The van der Waals surface area contributed by atoms with Crippen molar-refractivity contribution in [1.29, 1.82) is 0 Å². The quantitative estimate of drug-likeness (QED) is 0.646. The minimum Gasteiger partial charge on any atom is -0.488 e. The number of pyridine rings is 1. The molecule has 3 aromatic rings. The summed E-state index contributed by atoms with van der Waals surface area (Å²) in [5.74, 6) is 0.824. The van der Waals surface area contributed by atoms with Crippen LogP contribution in [0.2, 0.25) is 5.02 Å². The van der Waals surface area contributed by atoms with Gasteiger partial charge in [-0.1, -0.05) is 35.9 Å². The molecule has 2 aromatic carbocycles. The van der Waals surface area contributed by atoms with Crippen molar-refractivity contribution >= 4 is 38.3 Å². The van der Waals surface area contributed by atoms with E-state index < -0.39 is 0 Å². The van der Waals surface area contributed by atoms with Gasteiger partial charge in [0.15, 0.2) is 0 Å². The summed E-state index contributed by atoms with van der Waals surface area (Å²) < 4.78 is 6.84. The zero-order valence-electron chi connectivity index (χ0n) is 10.5. The van der Waals surface area contributed by atoms with Gasteiger partial charge in [-0.05, 0) is 34.1 Å². The van der Waals surface area contributed by atoms with Crippen molar-refractivity contribution in [1.82, 2.24) is 4.98 Å². The lowest BCUT2D eigenvalue weighted by atomic mass is 10.1. The number of ether oxygens (including phenoxy) is 1. The monoisotopic (exact) mass is 347 g/mol. The number of aromatic nitrogens is 1. The van der Waals surface area contributed by atoms with E-state index in [1.54, 1.807) is 12.4 Å². The van der Waals surface area contributed by atoms with E-state index in [1.165, 1.54) is 0 Å².